The fraction of sp³-hybridized carbons (Fsp3) is 0.476. The number of carbonyl (C=O) groups excluding carboxylic acids is 2. The second kappa shape index (κ2) is 8.14. The van der Waals surface area contributed by atoms with Crippen molar-refractivity contribution in [1.82, 2.24) is 19.4 Å². The Morgan fingerprint density at radius 3 is 2.61 bits per heavy atom. The summed E-state index contributed by atoms with van der Waals surface area (Å²) in [5, 5.41) is 2.96. The number of hydrogen-bond donors (Lipinski definition) is 1. The molecule has 0 aliphatic carbocycles. The van der Waals surface area contributed by atoms with E-state index in [0.29, 0.717) is 29.9 Å². The maximum absolute atomic E-state index is 14.3. The second-order valence-corrected chi connectivity index (χ2v) is 8.62. The van der Waals surface area contributed by atoms with Gasteiger partial charge in [0.2, 0.25) is 11.8 Å². The zero-order valence-corrected chi connectivity index (χ0v) is 18.1. The van der Waals surface area contributed by atoms with Gasteiger partial charge in [0, 0.05) is 62.5 Å². The summed E-state index contributed by atoms with van der Waals surface area (Å²) in [5.74, 6) is -3.82. The lowest BCUT2D eigenvalue weighted by Gasteiger charge is -2.30. The Kier molecular flexibility index (Phi) is 5.67. The highest BCUT2D eigenvalue weighted by Crippen LogP contribution is 2.36. The van der Waals surface area contributed by atoms with Crippen molar-refractivity contribution in [2.45, 2.75) is 44.2 Å². The minimum Gasteiger partial charge on any atom is -0.351 e. The van der Waals surface area contributed by atoms with Gasteiger partial charge in [-0.1, -0.05) is 0 Å². The molecule has 1 saturated heterocycles. The van der Waals surface area contributed by atoms with E-state index in [1.807, 2.05) is 0 Å². The Morgan fingerprint density at radius 2 is 1.90 bits per heavy atom. The molecule has 31 heavy (non-hydrogen) atoms. The third kappa shape index (κ3) is 3.88. The first-order chi connectivity index (χ1) is 14.7. The fourth-order valence-corrected chi connectivity index (χ4v) is 4.88. The van der Waals surface area contributed by atoms with Gasteiger partial charge in [-0.25, -0.2) is 13.2 Å². The third-order valence-electron chi connectivity index (χ3n) is 6.23. The SMILES string of the molecule is CN1CC(NC(=O)Cc2c3n(c(=S)n2C)CC(c2c(F)ccc(F)c2F)C3)CCC1=O. The smallest absolute Gasteiger partial charge is 0.226 e. The van der Waals surface area contributed by atoms with Crippen molar-refractivity contribution in [3.63, 3.8) is 0 Å². The number of fused-ring (bicyclic) bond motifs is 1. The number of aromatic nitrogens is 2. The van der Waals surface area contributed by atoms with Gasteiger partial charge < -0.3 is 19.4 Å². The first-order valence-electron chi connectivity index (χ1n) is 10.1. The normalized spacial score (nSPS) is 20.8. The molecular weight excluding hydrogens is 429 g/mol. The lowest BCUT2D eigenvalue weighted by molar-refractivity contribution is -0.133. The first kappa shape index (κ1) is 21.6. The van der Waals surface area contributed by atoms with Crippen LogP contribution in [0.15, 0.2) is 12.1 Å². The van der Waals surface area contributed by atoms with Crippen molar-refractivity contribution in [3.8, 4) is 0 Å². The maximum atomic E-state index is 14.3. The van der Waals surface area contributed by atoms with Crippen LogP contribution in [-0.2, 0) is 36.0 Å². The van der Waals surface area contributed by atoms with E-state index < -0.39 is 23.4 Å². The summed E-state index contributed by atoms with van der Waals surface area (Å²) in [7, 11) is 3.46. The Hall–Kier alpha value is -2.62. The van der Waals surface area contributed by atoms with Gasteiger partial charge in [-0.15, -0.1) is 0 Å². The summed E-state index contributed by atoms with van der Waals surface area (Å²) in [4.78, 5) is 25.9. The van der Waals surface area contributed by atoms with Crippen molar-refractivity contribution in [3.05, 3.63) is 51.3 Å². The zero-order chi connectivity index (χ0) is 22.4. The van der Waals surface area contributed by atoms with Crippen LogP contribution < -0.4 is 5.32 Å². The second-order valence-electron chi connectivity index (χ2n) is 8.26. The number of halogens is 3. The van der Waals surface area contributed by atoms with Gasteiger partial charge in [0.1, 0.15) is 5.82 Å². The van der Waals surface area contributed by atoms with Crippen molar-refractivity contribution < 1.29 is 22.8 Å². The highest BCUT2D eigenvalue weighted by atomic mass is 32.1. The number of nitrogens with zero attached hydrogens (tertiary/aromatic N) is 3. The van der Waals surface area contributed by atoms with Gasteiger partial charge in [-0.05, 0) is 37.2 Å². The van der Waals surface area contributed by atoms with Gasteiger partial charge in [0.25, 0.3) is 0 Å². The highest BCUT2D eigenvalue weighted by molar-refractivity contribution is 7.71. The van der Waals surface area contributed by atoms with E-state index in [-0.39, 0.29) is 42.8 Å². The van der Waals surface area contributed by atoms with Crippen LogP contribution in [-0.4, -0.2) is 45.5 Å². The van der Waals surface area contributed by atoms with Crippen LogP contribution in [0.1, 0.15) is 35.7 Å². The van der Waals surface area contributed by atoms with Gasteiger partial charge in [0.15, 0.2) is 16.4 Å². The Bertz CT molecular complexity index is 1130. The summed E-state index contributed by atoms with van der Waals surface area (Å²) in [6.45, 7) is 0.674. The van der Waals surface area contributed by atoms with E-state index in [2.05, 4.69) is 5.32 Å². The third-order valence-corrected chi connectivity index (χ3v) is 6.73. The predicted molar refractivity (Wildman–Crippen MR) is 110 cm³/mol. The molecule has 6 nitrogen and oxygen atoms in total. The molecule has 0 radical (unpaired) electrons. The predicted octanol–water partition coefficient (Wildman–Crippen LogP) is 2.59. The quantitative estimate of drug-likeness (QED) is 0.573. The lowest BCUT2D eigenvalue weighted by Crippen LogP contribution is -2.48. The molecule has 0 bridgehead atoms. The maximum Gasteiger partial charge on any atom is 0.226 e. The first-order valence-corrected chi connectivity index (χ1v) is 10.5. The minimum atomic E-state index is -1.18. The summed E-state index contributed by atoms with van der Waals surface area (Å²) >= 11 is 5.47. The number of carbonyl (C=O) groups is 2. The molecule has 2 aromatic rings. The monoisotopic (exact) mass is 452 g/mol. The average Bonchev–Trinajstić information content (AvgIpc) is 3.23. The van der Waals surface area contributed by atoms with E-state index in [0.717, 1.165) is 17.8 Å². The molecule has 0 spiro atoms. The molecule has 1 aromatic heterocycles. The molecule has 2 aliphatic rings. The molecule has 3 heterocycles. The van der Waals surface area contributed by atoms with E-state index >= 15 is 0 Å². The molecule has 0 saturated carbocycles. The van der Waals surface area contributed by atoms with Gasteiger partial charge in [-0.2, -0.15) is 0 Å². The molecule has 2 atom stereocenters. The largest absolute Gasteiger partial charge is 0.351 e. The molecule has 1 aromatic carbocycles. The van der Waals surface area contributed by atoms with Crippen LogP contribution in [0.3, 0.4) is 0 Å². The van der Waals surface area contributed by atoms with Crippen molar-refractivity contribution >= 4 is 24.0 Å². The van der Waals surface area contributed by atoms with Gasteiger partial charge in [-0.3, -0.25) is 9.59 Å². The summed E-state index contributed by atoms with van der Waals surface area (Å²) in [6.07, 6.45) is 1.28. The average molecular weight is 453 g/mol. The van der Waals surface area contributed by atoms with Crippen molar-refractivity contribution in [1.29, 1.82) is 0 Å². The minimum absolute atomic E-state index is 0.0530. The van der Waals surface area contributed by atoms with E-state index in [1.54, 1.807) is 28.1 Å². The Morgan fingerprint density at radius 1 is 1.19 bits per heavy atom. The number of piperidine rings is 1. The molecule has 166 valence electrons. The number of imidazole rings is 1. The van der Waals surface area contributed by atoms with Gasteiger partial charge >= 0.3 is 0 Å². The number of likely N-dealkylation sites (tertiary alicyclic amines) is 1. The molecule has 2 unspecified atom stereocenters. The van der Waals surface area contributed by atoms with Crippen LogP contribution in [0.25, 0.3) is 0 Å². The van der Waals surface area contributed by atoms with Crippen LogP contribution in [0.2, 0.25) is 0 Å². The summed E-state index contributed by atoms with van der Waals surface area (Å²) in [5.41, 5.74) is 1.11. The molecular formula is C21H23F3N4O2S. The number of nitrogens with one attached hydrogen (secondary N) is 1. The number of benzene rings is 1. The number of amides is 2. The van der Waals surface area contributed by atoms with E-state index in [1.165, 1.54) is 0 Å². The standard InChI is InChI=1S/C21H23F3N4O2S/c1-26-10-12(3-6-18(26)30)25-17(29)8-15-16-7-11(9-28(16)21(31)27(15)2)19-13(22)4-5-14(23)20(19)24/h4-5,11-12H,3,6-10H2,1-2H3,(H,25,29). The number of rotatable bonds is 4. The number of likely N-dealkylation sites (N-methyl/N-ethyl adjacent to an activating group) is 1. The summed E-state index contributed by atoms with van der Waals surface area (Å²) < 4.78 is 46.2. The molecule has 4 rings (SSSR count). The zero-order valence-electron chi connectivity index (χ0n) is 17.3. The number of hydrogen-bond acceptors (Lipinski definition) is 3. The van der Waals surface area contributed by atoms with Crippen molar-refractivity contribution in [2.24, 2.45) is 7.05 Å². The van der Waals surface area contributed by atoms with Crippen LogP contribution in [0.4, 0.5) is 13.2 Å². The Labute approximate surface area is 182 Å². The molecule has 2 aliphatic heterocycles. The topological polar surface area (TPSA) is 59.3 Å². The van der Waals surface area contributed by atoms with E-state index in [4.69, 9.17) is 12.2 Å². The molecule has 1 fully saturated rings. The van der Waals surface area contributed by atoms with Crippen LogP contribution >= 0.6 is 12.2 Å². The van der Waals surface area contributed by atoms with Crippen LogP contribution in [0.5, 0.6) is 0 Å². The highest BCUT2D eigenvalue weighted by Gasteiger charge is 2.33. The van der Waals surface area contributed by atoms with E-state index in [9.17, 15) is 22.8 Å². The van der Waals surface area contributed by atoms with Crippen LogP contribution in [0, 0.1) is 22.2 Å². The lowest BCUT2D eigenvalue weighted by atomic mass is 9.95. The fourth-order valence-electron chi connectivity index (χ4n) is 4.59. The molecule has 2 amide bonds. The Balaban J connectivity index is 1.54. The molecule has 1 N–H and O–H groups in total. The van der Waals surface area contributed by atoms with Gasteiger partial charge in [0.05, 0.1) is 6.42 Å². The van der Waals surface area contributed by atoms with Crippen molar-refractivity contribution in [2.75, 3.05) is 13.6 Å². The molecule has 10 heteroatoms. The summed E-state index contributed by atoms with van der Waals surface area (Å²) in [6, 6.07) is 1.58.